The highest BCUT2D eigenvalue weighted by Gasteiger charge is 2.59. The summed E-state index contributed by atoms with van der Waals surface area (Å²) in [5.41, 5.74) is 3.94. The number of aromatic hydroxyl groups is 2. The Morgan fingerprint density at radius 2 is 1.57 bits per heavy atom. The number of rotatable bonds is 6. The minimum Gasteiger partial charge on any atom is -0.508 e. The Labute approximate surface area is 337 Å². The standard InChI is InChI=1S/C27H46O.C21H11NO5S/c1-18(2)7-6-8-19(3)23-11-12-24-22-10-9-20-17-21(28)13-15-26(20,4)25(22)14-16-27(23,24)5;23-12-2-5-16-18(8-12)26-19-9-13(24)3-6-17(19)21(16)15-4-1-11(22-10-28)7-14(15)20(25)27-21/h9,18-19,21-25,28H,6-8,10-17H2,1-5H3;1-9,23-24H/t19-,21+,22+,23-,24+,25+,26+,27-;/m1./s1. The van der Waals surface area contributed by atoms with Crippen LogP contribution in [-0.4, -0.2) is 32.6 Å². The molecule has 9 rings (SSSR count). The summed E-state index contributed by atoms with van der Waals surface area (Å²) in [5, 5.41) is 32.3. The number of aliphatic imine (C=N–C) groups is 1. The summed E-state index contributed by atoms with van der Waals surface area (Å²) in [5.74, 6) is 5.62. The van der Waals surface area contributed by atoms with Crippen LogP contribution >= 0.6 is 12.2 Å². The third-order valence-electron chi connectivity index (χ3n) is 15.2. The Balaban J connectivity index is 0.000000157. The Hall–Kier alpha value is -3.97. The van der Waals surface area contributed by atoms with Crippen LogP contribution in [0.5, 0.6) is 23.0 Å². The van der Waals surface area contributed by atoms with E-state index >= 15 is 0 Å². The number of carbonyl (C=O) groups is 1. The average Bonchev–Trinajstić information content (AvgIpc) is 3.66. The molecule has 3 fully saturated rings. The SMILES string of the molecule is CC(C)CCC[C@@H](C)[C@H]1CC[C@H]2[C@@H]3CC=C4C[C@@H](O)CC[C@]4(C)[C@H]3CC[C@]12C.O=C1OC2(c3ccc(O)cc3Oc3cc(O)ccc32)c2ccc(N=C=S)cc21. The number of phenols is 2. The maximum atomic E-state index is 12.8. The van der Waals surface area contributed by atoms with Crippen molar-refractivity contribution in [3.05, 3.63) is 88.5 Å². The van der Waals surface area contributed by atoms with E-state index in [0.29, 0.717) is 50.3 Å². The molecule has 8 atom stereocenters. The van der Waals surface area contributed by atoms with Gasteiger partial charge in [0.15, 0.2) is 5.60 Å². The van der Waals surface area contributed by atoms with E-state index in [9.17, 15) is 20.1 Å². The average molecular weight is 776 g/mol. The van der Waals surface area contributed by atoms with Gasteiger partial charge in [0.1, 0.15) is 23.0 Å². The number of fused-ring (bicyclic) bond motifs is 11. The molecule has 0 bridgehead atoms. The summed E-state index contributed by atoms with van der Waals surface area (Å²) in [6, 6.07) is 14.3. The van der Waals surface area contributed by atoms with Gasteiger partial charge in [0.2, 0.25) is 0 Å². The van der Waals surface area contributed by atoms with E-state index in [1.165, 1.54) is 82.1 Å². The van der Waals surface area contributed by atoms with Crippen molar-refractivity contribution in [3.8, 4) is 23.0 Å². The van der Waals surface area contributed by atoms with Gasteiger partial charge in [-0.05, 0) is 146 Å². The van der Waals surface area contributed by atoms with Crippen LogP contribution in [0.4, 0.5) is 5.69 Å². The van der Waals surface area contributed by atoms with Crippen molar-refractivity contribution in [2.24, 2.45) is 51.3 Å². The molecule has 56 heavy (non-hydrogen) atoms. The molecule has 3 saturated carbocycles. The first-order valence-corrected chi connectivity index (χ1v) is 21.4. The first-order chi connectivity index (χ1) is 26.8. The number of ether oxygens (including phenoxy) is 2. The molecule has 3 aromatic rings. The maximum absolute atomic E-state index is 12.8. The summed E-state index contributed by atoms with van der Waals surface area (Å²) in [4.78, 5) is 16.7. The lowest BCUT2D eigenvalue weighted by molar-refractivity contribution is -0.0573. The van der Waals surface area contributed by atoms with Crippen LogP contribution in [0.3, 0.4) is 0 Å². The molecule has 296 valence electrons. The number of allylic oxidation sites excluding steroid dienone is 1. The van der Waals surface area contributed by atoms with Crippen LogP contribution in [0.1, 0.15) is 132 Å². The molecule has 7 nitrogen and oxygen atoms in total. The highest BCUT2D eigenvalue weighted by molar-refractivity contribution is 7.78. The van der Waals surface area contributed by atoms with Gasteiger partial charge >= 0.3 is 5.97 Å². The molecule has 0 aromatic heterocycles. The van der Waals surface area contributed by atoms with E-state index in [1.807, 2.05) is 0 Å². The second-order valence-electron chi connectivity index (χ2n) is 18.7. The molecule has 6 aliphatic rings. The van der Waals surface area contributed by atoms with E-state index in [-0.39, 0.29) is 17.6 Å². The van der Waals surface area contributed by atoms with Crippen LogP contribution < -0.4 is 4.74 Å². The number of thiocarbonyl (C=S) groups is 1. The quantitative estimate of drug-likeness (QED) is 0.0990. The smallest absolute Gasteiger partial charge is 0.340 e. The van der Waals surface area contributed by atoms with E-state index in [1.54, 1.807) is 35.9 Å². The minimum atomic E-state index is -1.27. The van der Waals surface area contributed by atoms with Gasteiger partial charge in [0.25, 0.3) is 0 Å². The Kier molecular flexibility index (Phi) is 10.2. The second kappa shape index (κ2) is 14.8. The van der Waals surface area contributed by atoms with Gasteiger partial charge in [-0.2, -0.15) is 4.99 Å². The van der Waals surface area contributed by atoms with Gasteiger partial charge in [0, 0.05) is 28.8 Å². The van der Waals surface area contributed by atoms with Crippen LogP contribution in [0.15, 0.2) is 71.2 Å². The molecule has 1 spiro atoms. The van der Waals surface area contributed by atoms with Crippen molar-refractivity contribution >= 4 is 29.0 Å². The van der Waals surface area contributed by atoms with Crippen molar-refractivity contribution in [3.63, 3.8) is 0 Å². The summed E-state index contributed by atoms with van der Waals surface area (Å²) in [7, 11) is 0. The predicted octanol–water partition coefficient (Wildman–Crippen LogP) is 11.8. The largest absolute Gasteiger partial charge is 0.508 e. The van der Waals surface area contributed by atoms with E-state index < -0.39 is 11.6 Å². The number of aliphatic hydroxyl groups excluding tert-OH is 1. The fourth-order valence-electron chi connectivity index (χ4n) is 12.5. The molecule has 8 heteroatoms. The highest BCUT2D eigenvalue weighted by Crippen LogP contribution is 2.67. The number of hydrogen-bond donors (Lipinski definition) is 3. The minimum absolute atomic E-state index is 0.00715. The molecule has 3 aromatic carbocycles. The topological polar surface area (TPSA) is 109 Å². The number of carbonyl (C=O) groups excluding carboxylic acids is 1. The van der Waals surface area contributed by atoms with Gasteiger partial charge in [-0.25, -0.2) is 4.79 Å². The van der Waals surface area contributed by atoms with E-state index in [4.69, 9.17) is 9.47 Å². The number of benzene rings is 3. The normalized spacial score (nSPS) is 30.7. The first kappa shape index (κ1) is 38.9. The molecule has 0 amide bonds. The number of esters is 1. The number of phenolic OH excluding ortho intramolecular Hbond substituents is 2. The number of isothiocyanates is 1. The first-order valence-electron chi connectivity index (χ1n) is 21.0. The fraction of sp³-hybridized carbons (Fsp3) is 0.542. The van der Waals surface area contributed by atoms with Gasteiger partial charge < -0.3 is 24.8 Å². The molecule has 0 radical (unpaired) electrons. The van der Waals surface area contributed by atoms with Crippen LogP contribution in [0, 0.1) is 46.3 Å². The van der Waals surface area contributed by atoms with Crippen molar-refractivity contribution in [2.45, 2.75) is 117 Å². The predicted molar refractivity (Wildman–Crippen MR) is 222 cm³/mol. The van der Waals surface area contributed by atoms with Gasteiger partial charge in [-0.15, -0.1) is 0 Å². The molecule has 0 unspecified atom stereocenters. The summed E-state index contributed by atoms with van der Waals surface area (Å²) >= 11 is 4.64. The van der Waals surface area contributed by atoms with Crippen molar-refractivity contribution in [1.29, 1.82) is 0 Å². The molecule has 0 saturated heterocycles. The summed E-state index contributed by atoms with van der Waals surface area (Å²) < 4.78 is 11.8. The van der Waals surface area contributed by atoms with Crippen molar-refractivity contribution in [2.75, 3.05) is 0 Å². The summed E-state index contributed by atoms with van der Waals surface area (Å²) in [6.07, 6.45) is 17.2. The Morgan fingerprint density at radius 1 is 0.875 bits per heavy atom. The molecular weight excluding hydrogens is 719 g/mol. The third kappa shape index (κ3) is 6.41. The highest BCUT2D eigenvalue weighted by atomic mass is 32.1. The van der Waals surface area contributed by atoms with Crippen LogP contribution in [0.2, 0.25) is 0 Å². The maximum Gasteiger partial charge on any atom is 0.340 e. The van der Waals surface area contributed by atoms with Crippen LogP contribution in [0.25, 0.3) is 0 Å². The lowest BCUT2D eigenvalue weighted by Gasteiger charge is -2.58. The molecule has 4 aliphatic carbocycles. The number of nitrogens with zero attached hydrogens (tertiary/aromatic N) is 1. The third-order valence-corrected chi connectivity index (χ3v) is 15.3. The summed E-state index contributed by atoms with van der Waals surface area (Å²) in [6.45, 7) is 12.6. The zero-order valence-corrected chi connectivity index (χ0v) is 34.3. The van der Waals surface area contributed by atoms with Gasteiger partial charge in [-0.3, -0.25) is 0 Å². The zero-order valence-electron chi connectivity index (χ0n) is 33.5. The lowest BCUT2D eigenvalue weighted by Crippen LogP contribution is -2.50. The fourth-order valence-corrected chi connectivity index (χ4v) is 12.6. The molecular formula is C48H57NO6S. The van der Waals surface area contributed by atoms with Crippen molar-refractivity contribution < 1.29 is 29.6 Å². The molecule has 2 heterocycles. The lowest BCUT2D eigenvalue weighted by atomic mass is 9.47. The van der Waals surface area contributed by atoms with Gasteiger partial charge in [0.05, 0.1) is 22.5 Å². The number of hydrogen-bond acceptors (Lipinski definition) is 8. The zero-order chi connectivity index (χ0) is 39.6. The van der Waals surface area contributed by atoms with Crippen molar-refractivity contribution in [1.82, 2.24) is 0 Å². The van der Waals surface area contributed by atoms with E-state index in [0.717, 1.165) is 48.3 Å². The van der Waals surface area contributed by atoms with Gasteiger partial charge in [-0.1, -0.05) is 71.6 Å². The molecule has 2 aliphatic heterocycles. The second-order valence-corrected chi connectivity index (χ2v) is 18.8. The monoisotopic (exact) mass is 775 g/mol. The Bertz CT molecular complexity index is 2050. The van der Waals surface area contributed by atoms with Crippen LogP contribution in [-0.2, 0) is 10.3 Å². The number of aliphatic hydroxyl groups is 1. The Morgan fingerprint density at radius 3 is 2.25 bits per heavy atom. The van der Waals surface area contributed by atoms with E-state index in [2.05, 4.69) is 63.1 Å². The molecule has 3 N–H and O–H groups in total.